The van der Waals surface area contributed by atoms with Gasteiger partial charge in [-0.25, -0.2) is 0 Å². The molecule has 1 aliphatic rings. The molecule has 3 nitrogen and oxygen atoms in total. The van der Waals surface area contributed by atoms with Gasteiger partial charge in [0.2, 0.25) is 5.91 Å². The van der Waals surface area contributed by atoms with Crippen LogP contribution in [0.1, 0.15) is 38.4 Å². The van der Waals surface area contributed by atoms with Gasteiger partial charge in [-0.3, -0.25) is 4.79 Å². The van der Waals surface area contributed by atoms with Crippen LogP contribution in [0.3, 0.4) is 0 Å². The van der Waals surface area contributed by atoms with Crippen molar-refractivity contribution in [2.24, 2.45) is 0 Å². The molecule has 1 atom stereocenters. The van der Waals surface area contributed by atoms with Crippen LogP contribution in [0.15, 0.2) is 40.8 Å². The van der Waals surface area contributed by atoms with Crippen molar-refractivity contribution in [1.82, 2.24) is 4.90 Å². The summed E-state index contributed by atoms with van der Waals surface area (Å²) < 4.78 is 5.86. The Bertz CT molecular complexity index is 662. The van der Waals surface area contributed by atoms with Gasteiger partial charge in [0.1, 0.15) is 11.5 Å². The summed E-state index contributed by atoms with van der Waals surface area (Å²) in [5.41, 5.74) is 0.997. The Balaban J connectivity index is 1.58. The SMILES string of the molecule is CC1CCCCN1C(=O)CCc1ccc(-c2ccc(Cl)cc2)o1. The molecule has 1 aromatic carbocycles. The monoisotopic (exact) mass is 331 g/mol. The molecule has 0 bridgehead atoms. The van der Waals surface area contributed by atoms with Gasteiger partial charge in [-0.2, -0.15) is 0 Å². The fourth-order valence-electron chi connectivity index (χ4n) is 3.12. The average molecular weight is 332 g/mol. The topological polar surface area (TPSA) is 33.5 Å². The van der Waals surface area contributed by atoms with Crippen LogP contribution >= 0.6 is 11.6 Å². The molecule has 1 fully saturated rings. The second kappa shape index (κ2) is 7.22. The highest BCUT2D eigenvalue weighted by molar-refractivity contribution is 6.30. The van der Waals surface area contributed by atoms with Gasteiger partial charge in [0.25, 0.3) is 0 Å². The van der Waals surface area contributed by atoms with Crippen LogP contribution in [-0.4, -0.2) is 23.4 Å². The molecule has 0 aliphatic carbocycles. The van der Waals surface area contributed by atoms with Crippen LogP contribution in [0, 0.1) is 0 Å². The number of nitrogens with zero attached hydrogens (tertiary/aromatic N) is 1. The van der Waals surface area contributed by atoms with E-state index in [1.165, 1.54) is 6.42 Å². The van der Waals surface area contributed by atoms with E-state index in [0.29, 0.717) is 23.9 Å². The fourth-order valence-corrected chi connectivity index (χ4v) is 3.25. The maximum Gasteiger partial charge on any atom is 0.223 e. The fraction of sp³-hybridized carbons (Fsp3) is 0.421. The number of amides is 1. The van der Waals surface area contributed by atoms with Crippen molar-refractivity contribution in [3.8, 4) is 11.3 Å². The molecule has 1 unspecified atom stereocenters. The quantitative estimate of drug-likeness (QED) is 0.795. The average Bonchev–Trinajstić information content (AvgIpc) is 3.03. The number of hydrogen-bond donors (Lipinski definition) is 0. The highest BCUT2D eigenvalue weighted by Gasteiger charge is 2.22. The molecule has 23 heavy (non-hydrogen) atoms. The van der Waals surface area contributed by atoms with Crippen LogP contribution in [-0.2, 0) is 11.2 Å². The number of benzene rings is 1. The number of likely N-dealkylation sites (tertiary alicyclic amines) is 1. The maximum atomic E-state index is 12.4. The molecule has 122 valence electrons. The van der Waals surface area contributed by atoms with Gasteiger partial charge in [0.05, 0.1) is 0 Å². The predicted molar refractivity (Wildman–Crippen MR) is 92.5 cm³/mol. The van der Waals surface area contributed by atoms with E-state index in [9.17, 15) is 4.79 Å². The lowest BCUT2D eigenvalue weighted by molar-refractivity contribution is -0.134. The van der Waals surface area contributed by atoms with Gasteiger partial charge >= 0.3 is 0 Å². The Hall–Kier alpha value is -1.74. The number of rotatable bonds is 4. The number of carbonyl (C=O) groups excluding carboxylic acids is 1. The Morgan fingerprint density at radius 1 is 1.22 bits per heavy atom. The summed E-state index contributed by atoms with van der Waals surface area (Å²) in [6.45, 7) is 3.04. The molecule has 0 N–H and O–H groups in total. The van der Waals surface area contributed by atoms with E-state index < -0.39 is 0 Å². The molecule has 4 heteroatoms. The van der Waals surface area contributed by atoms with E-state index in [1.807, 2.05) is 41.3 Å². The molecule has 1 aromatic heterocycles. The largest absolute Gasteiger partial charge is 0.461 e. The smallest absolute Gasteiger partial charge is 0.223 e. The number of hydrogen-bond acceptors (Lipinski definition) is 2. The zero-order valence-corrected chi connectivity index (χ0v) is 14.2. The van der Waals surface area contributed by atoms with Gasteiger partial charge in [-0.1, -0.05) is 11.6 Å². The molecule has 2 aromatic rings. The number of piperidine rings is 1. The minimum Gasteiger partial charge on any atom is -0.461 e. The first-order valence-electron chi connectivity index (χ1n) is 8.27. The van der Waals surface area contributed by atoms with Crippen molar-refractivity contribution in [3.05, 3.63) is 47.2 Å². The molecule has 1 amide bonds. The van der Waals surface area contributed by atoms with E-state index in [4.69, 9.17) is 16.0 Å². The molecule has 0 saturated carbocycles. The normalized spacial score (nSPS) is 18.2. The summed E-state index contributed by atoms with van der Waals surface area (Å²) in [5, 5.41) is 0.710. The van der Waals surface area contributed by atoms with E-state index >= 15 is 0 Å². The van der Waals surface area contributed by atoms with Crippen LogP contribution in [0.25, 0.3) is 11.3 Å². The zero-order chi connectivity index (χ0) is 16.2. The van der Waals surface area contributed by atoms with Crippen LogP contribution < -0.4 is 0 Å². The lowest BCUT2D eigenvalue weighted by Crippen LogP contribution is -2.42. The van der Waals surface area contributed by atoms with Gasteiger partial charge in [0, 0.05) is 36.0 Å². The molecule has 0 spiro atoms. The number of halogens is 1. The van der Waals surface area contributed by atoms with E-state index in [2.05, 4.69) is 6.92 Å². The summed E-state index contributed by atoms with van der Waals surface area (Å²) in [4.78, 5) is 14.4. The Morgan fingerprint density at radius 3 is 2.74 bits per heavy atom. The van der Waals surface area contributed by atoms with Crippen LogP contribution in [0.5, 0.6) is 0 Å². The van der Waals surface area contributed by atoms with Crippen molar-refractivity contribution in [3.63, 3.8) is 0 Å². The maximum absolute atomic E-state index is 12.4. The van der Waals surface area contributed by atoms with Gasteiger partial charge in [0.15, 0.2) is 0 Å². The van der Waals surface area contributed by atoms with E-state index in [-0.39, 0.29) is 5.91 Å². The van der Waals surface area contributed by atoms with Crippen molar-refractivity contribution >= 4 is 17.5 Å². The summed E-state index contributed by atoms with van der Waals surface area (Å²) in [5.74, 6) is 1.91. The summed E-state index contributed by atoms with van der Waals surface area (Å²) >= 11 is 5.90. The predicted octanol–water partition coefficient (Wildman–Crippen LogP) is 4.93. The molecule has 3 rings (SSSR count). The van der Waals surface area contributed by atoms with Gasteiger partial charge in [-0.05, 0) is 62.6 Å². The van der Waals surface area contributed by atoms with E-state index in [1.54, 1.807) is 0 Å². The number of aryl methyl sites for hydroxylation is 1. The molecular weight excluding hydrogens is 310 g/mol. The third-order valence-electron chi connectivity index (χ3n) is 4.50. The summed E-state index contributed by atoms with van der Waals surface area (Å²) in [6, 6.07) is 11.8. The third-order valence-corrected chi connectivity index (χ3v) is 4.75. The lowest BCUT2D eigenvalue weighted by atomic mass is 10.0. The van der Waals surface area contributed by atoms with Crippen molar-refractivity contribution in [2.75, 3.05) is 6.54 Å². The summed E-state index contributed by atoms with van der Waals surface area (Å²) in [7, 11) is 0. The molecule has 2 heterocycles. The Kier molecular flexibility index (Phi) is 5.06. The molecule has 1 saturated heterocycles. The van der Waals surface area contributed by atoms with Gasteiger partial charge in [-0.15, -0.1) is 0 Å². The zero-order valence-electron chi connectivity index (χ0n) is 13.4. The Labute approximate surface area is 142 Å². The third kappa shape index (κ3) is 3.97. The molecule has 1 aliphatic heterocycles. The van der Waals surface area contributed by atoms with Gasteiger partial charge < -0.3 is 9.32 Å². The molecule has 0 radical (unpaired) electrons. The van der Waals surface area contributed by atoms with Crippen molar-refractivity contribution in [2.45, 2.75) is 45.1 Å². The highest BCUT2D eigenvalue weighted by atomic mass is 35.5. The standard InChI is InChI=1S/C19H22ClNO2/c1-14-4-2-3-13-21(14)19(22)12-10-17-9-11-18(23-17)15-5-7-16(20)8-6-15/h5-9,11,14H,2-4,10,12-13H2,1H3. The first kappa shape index (κ1) is 16.1. The second-order valence-electron chi connectivity index (χ2n) is 6.20. The van der Waals surface area contributed by atoms with Crippen molar-refractivity contribution in [1.29, 1.82) is 0 Å². The highest BCUT2D eigenvalue weighted by Crippen LogP contribution is 2.25. The minimum atomic E-state index is 0.238. The lowest BCUT2D eigenvalue weighted by Gasteiger charge is -2.33. The number of furan rings is 1. The van der Waals surface area contributed by atoms with Crippen molar-refractivity contribution < 1.29 is 9.21 Å². The molecular formula is C19H22ClNO2. The first-order valence-corrected chi connectivity index (χ1v) is 8.65. The van der Waals surface area contributed by atoms with Crippen LogP contribution in [0.2, 0.25) is 5.02 Å². The second-order valence-corrected chi connectivity index (χ2v) is 6.64. The number of carbonyl (C=O) groups is 1. The minimum absolute atomic E-state index is 0.238. The first-order chi connectivity index (χ1) is 11.1. The Morgan fingerprint density at radius 2 is 2.00 bits per heavy atom. The summed E-state index contributed by atoms with van der Waals surface area (Å²) in [6.07, 6.45) is 4.63. The van der Waals surface area contributed by atoms with Crippen LogP contribution in [0.4, 0.5) is 0 Å². The van der Waals surface area contributed by atoms with E-state index in [0.717, 1.165) is 36.5 Å².